The molecule has 47 heavy (non-hydrogen) atoms. The highest BCUT2D eigenvalue weighted by atomic mass is 79.9. The predicted octanol–water partition coefficient (Wildman–Crippen LogP) is 5.04. The normalized spacial score (nSPS) is 16.0. The number of hydrogen-bond donors (Lipinski definition) is 4. The van der Waals surface area contributed by atoms with Crippen LogP contribution in [0.4, 0.5) is 4.79 Å². The number of esters is 1. The molecule has 0 aliphatic carbocycles. The number of amides is 2. The van der Waals surface area contributed by atoms with Crippen molar-refractivity contribution < 1.29 is 43.1 Å². The number of ether oxygens (including phenoxy) is 6. The number of fused-ring (bicyclic) bond motifs is 1. The summed E-state index contributed by atoms with van der Waals surface area (Å²) in [4.78, 5) is 24.6. The first-order valence-corrected chi connectivity index (χ1v) is 16.0. The molecule has 13 nitrogen and oxygen atoms in total. The van der Waals surface area contributed by atoms with Gasteiger partial charge in [0.05, 0.1) is 40.5 Å². The molecule has 0 saturated heterocycles. The molecule has 4 N–H and O–H groups in total. The molecule has 2 aliphatic rings. The number of methoxy groups -OCH3 is 1. The number of aliphatic hydroxyl groups excluding tert-OH is 1. The van der Waals surface area contributed by atoms with Gasteiger partial charge in [-0.15, -0.1) is 0 Å². The summed E-state index contributed by atoms with van der Waals surface area (Å²) < 4.78 is 34.7. The van der Waals surface area contributed by atoms with Crippen LogP contribution >= 0.6 is 31.9 Å². The number of allylic oxidation sites excluding steroid dienone is 1. The Morgan fingerprint density at radius 2 is 1.85 bits per heavy atom. The lowest BCUT2D eigenvalue weighted by Crippen LogP contribution is -2.45. The van der Waals surface area contributed by atoms with Crippen molar-refractivity contribution in [1.29, 1.82) is 0 Å². The second kappa shape index (κ2) is 15.4. The number of nitrogens with one attached hydrogen (secondary N) is 3. The van der Waals surface area contributed by atoms with Gasteiger partial charge < -0.3 is 44.2 Å². The highest BCUT2D eigenvalue weighted by Gasteiger charge is 2.32. The van der Waals surface area contributed by atoms with E-state index in [9.17, 15) is 14.7 Å². The van der Waals surface area contributed by atoms with Gasteiger partial charge in [-0.1, -0.05) is 12.1 Å². The number of carbonyl (C=O) groups excluding carboxylic acids is 2. The Morgan fingerprint density at radius 3 is 2.60 bits per heavy atom. The minimum absolute atomic E-state index is 0.159. The first-order valence-electron chi connectivity index (χ1n) is 14.4. The summed E-state index contributed by atoms with van der Waals surface area (Å²) in [6.07, 6.45) is 0.388. The average molecular weight is 776 g/mol. The standard InChI is InChI=1S/C32H32Br2N4O9/c1-4-43-26-12-20(29-28(31(40)42-3)17(2)36-32(41)37-29)6-8-23(26)44-15-27(39)38-35-13-19-9-21(33)30(22(34)10-19)45-14-18-5-7-24-25(11-18)47-16-46-24/h5-13,27,29,38-39H,4,14-16H2,1-3H3,(H2,36,37,41)/b35-13-/t27-,29-/m0/s1. The van der Waals surface area contributed by atoms with Crippen LogP contribution in [-0.4, -0.2) is 56.7 Å². The molecular weight excluding hydrogens is 744 g/mol. The van der Waals surface area contributed by atoms with Gasteiger partial charge in [0.2, 0.25) is 6.79 Å². The van der Waals surface area contributed by atoms with E-state index in [4.69, 9.17) is 28.4 Å². The SMILES string of the molecule is CCOc1cc([C@@H]2NC(=O)NC(C)=C2C(=O)OC)ccc1OC[C@H](O)N/N=C\c1cc(Br)c(OCc2ccc3c(c2)OCO3)c(Br)c1. The second-order valence-electron chi connectivity index (χ2n) is 10.2. The molecule has 0 fully saturated rings. The summed E-state index contributed by atoms with van der Waals surface area (Å²) in [5.74, 6) is 2.16. The molecule has 0 unspecified atom stereocenters. The molecule has 2 aliphatic heterocycles. The van der Waals surface area contributed by atoms with Gasteiger partial charge in [-0.25, -0.2) is 9.59 Å². The number of hydrogen-bond acceptors (Lipinski definition) is 11. The zero-order valence-corrected chi connectivity index (χ0v) is 28.8. The quantitative estimate of drug-likeness (QED) is 0.0803. The van der Waals surface area contributed by atoms with Crippen LogP contribution < -0.4 is 39.7 Å². The highest BCUT2D eigenvalue weighted by molar-refractivity contribution is 9.11. The van der Waals surface area contributed by atoms with Crippen LogP contribution in [0.5, 0.6) is 28.7 Å². The number of carbonyl (C=O) groups is 2. The van der Waals surface area contributed by atoms with Gasteiger partial charge in [0, 0.05) is 5.70 Å². The van der Waals surface area contributed by atoms with E-state index in [2.05, 4.69) is 53.0 Å². The summed E-state index contributed by atoms with van der Waals surface area (Å²) in [7, 11) is 1.27. The van der Waals surface area contributed by atoms with Crippen LogP contribution in [0.2, 0.25) is 0 Å². The van der Waals surface area contributed by atoms with Crippen molar-refractivity contribution in [3.63, 3.8) is 0 Å². The smallest absolute Gasteiger partial charge is 0.337 e. The first-order chi connectivity index (χ1) is 22.7. The monoisotopic (exact) mass is 774 g/mol. The van der Waals surface area contributed by atoms with E-state index in [0.29, 0.717) is 62.2 Å². The van der Waals surface area contributed by atoms with E-state index in [-0.39, 0.29) is 19.0 Å². The lowest BCUT2D eigenvalue weighted by Gasteiger charge is -2.28. The highest BCUT2D eigenvalue weighted by Crippen LogP contribution is 2.37. The van der Waals surface area contributed by atoms with Crippen molar-refractivity contribution >= 4 is 50.1 Å². The Morgan fingerprint density at radius 1 is 1.09 bits per heavy atom. The zero-order valence-electron chi connectivity index (χ0n) is 25.6. The molecule has 3 aromatic rings. The minimum atomic E-state index is -1.16. The van der Waals surface area contributed by atoms with Crippen molar-refractivity contribution in [1.82, 2.24) is 16.1 Å². The van der Waals surface area contributed by atoms with Crippen LogP contribution in [0.1, 0.15) is 36.6 Å². The Balaban J connectivity index is 1.18. The van der Waals surface area contributed by atoms with E-state index < -0.39 is 24.3 Å². The Hall–Kier alpha value is -4.47. The zero-order chi connectivity index (χ0) is 33.5. The number of halogens is 2. The third-order valence-electron chi connectivity index (χ3n) is 6.95. The molecule has 0 aromatic heterocycles. The summed E-state index contributed by atoms with van der Waals surface area (Å²) in [5, 5.41) is 19.9. The lowest BCUT2D eigenvalue weighted by molar-refractivity contribution is -0.136. The van der Waals surface area contributed by atoms with Crippen molar-refractivity contribution in [3.05, 3.63) is 85.4 Å². The molecule has 3 aromatic carbocycles. The summed E-state index contributed by atoms with van der Waals surface area (Å²) in [6, 6.07) is 13.1. The molecule has 0 spiro atoms. The van der Waals surface area contributed by atoms with Crippen molar-refractivity contribution in [2.24, 2.45) is 5.10 Å². The lowest BCUT2D eigenvalue weighted by atomic mass is 9.95. The van der Waals surface area contributed by atoms with E-state index in [1.165, 1.54) is 7.11 Å². The van der Waals surface area contributed by atoms with Gasteiger partial charge in [-0.05, 0) is 98.8 Å². The third kappa shape index (κ3) is 8.28. The molecular formula is C32H32Br2N4O9. The van der Waals surface area contributed by atoms with Crippen molar-refractivity contribution in [2.75, 3.05) is 27.1 Å². The maximum absolute atomic E-state index is 12.5. The van der Waals surface area contributed by atoms with E-state index in [0.717, 1.165) is 11.1 Å². The largest absolute Gasteiger partial charge is 0.490 e. The number of benzene rings is 3. The van der Waals surface area contributed by atoms with Gasteiger partial charge in [0.25, 0.3) is 0 Å². The molecule has 0 radical (unpaired) electrons. The minimum Gasteiger partial charge on any atom is -0.490 e. The van der Waals surface area contributed by atoms with Gasteiger partial charge in [0.1, 0.15) is 19.0 Å². The first kappa shape index (κ1) is 33.9. The predicted molar refractivity (Wildman–Crippen MR) is 178 cm³/mol. The number of nitrogens with zero attached hydrogens (tertiary/aromatic N) is 1. The average Bonchev–Trinajstić information content (AvgIpc) is 3.51. The topological polar surface area (TPSA) is 158 Å². The van der Waals surface area contributed by atoms with E-state index in [1.54, 1.807) is 31.3 Å². The summed E-state index contributed by atoms with van der Waals surface area (Å²) in [5.41, 5.74) is 5.53. The van der Waals surface area contributed by atoms with Crippen LogP contribution in [0.3, 0.4) is 0 Å². The molecule has 5 rings (SSSR count). The van der Waals surface area contributed by atoms with Crippen LogP contribution in [0.25, 0.3) is 0 Å². The number of urea groups is 1. The molecule has 0 bridgehead atoms. The Kier molecular flexibility index (Phi) is 11.1. The number of aliphatic hydroxyl groups is 1. The molecule has 2 atom stereocenters. The van der Waals surface area contributed by atoms with Crippen LogP contribution in [0, 0.1) is 0 Å². The molecule has 2 heterocycles. The fraction of sp³-hybridized carbons (Fsp3) is 0.281. The van der Waals surface area contributed by atoms with Crippen LogP contribution in [0.15, 0.2) is 73.8 Å². The maximum atomic E-state index is 12.5. The van der Waals surface area contributed by atoms with Crippen LogP contribution in [-0.2, 0) is 16.1 Å². The fourth-order valence-electron chi connectivity index (χ4n) is 4.80. The van der Waals surface area contributed by atoms with E-state index in [1.807, 2.05) is 37.3 Å². The molecule has 0 saturated carbocycles. The summed E-state index contributed by atoms with van der Waals surface area (Å²) in [6.45, 7) is 4.14. The molecule has 2 amide bonds. The van der Waals surface area contributed by atoms with Crippen molar-refractivity contribution in [3.8, 4) is 28.7 Å². The second-order valence-corrected chi connectivity index (χ2v) is 11.9. The van der Waals surface area contributed by atoms with Gasteiger partial charge in [0.15, 0.2) is 29.2 Å². The van der Waals surface area contributed by atoms with Gasteiger partial charge in [-0.2, -0.15) is 5.10 Å². The molecule has 248 valence electrons. The molecule has 15 heteroatoms. The number of hydrazone groups is 1. The summed E-state index contributed by atoms with van der Waals surface area (Å²) >= 11 is 7.10. The maximum Gasteiger partial charge on any atom is 0.337 e. The van der Waals surface area contributed by atoms with Gasteiger partial charge in [-0.3, -0.25) is 5.43 Å². The number of rotatable bonds is 13. The van der Waals surface area contributed by atoms with Gasteiger partial charge >= 0.3 is 12.0 Å². The fourth-order valence-corrected chi connectivity index (χ4v) is 6.25. The Labute approximate surface area is 287 Å². The Bertz CT molecular complexity index is 1690. The third-order valence-corrected chi connectivity index (χ3v) is 8.13. The van der Waals surface area contributed by atoms with Crippen molar-refractivity contribution in [2.45, 2.75) is 32.7 Å². The van der Waals surface area contributed by atoms with E-state index >= 15 is 0 Å².